The molecule has 0 saturated carbocycles. The van der Waals surface area contributed by atoms with Gasteiger partial charge in [-0.05, 0) is 36.9 Å². The highest BCUT2D eigenvalue weighted by Gasteiger charge is 2.25. The van der Waals surface area contributed by atoms with Gasteiger partial charge < -0.3 is 15.0 Å². The Bertz CT molecular complexity index is 862. The summed E-state index contributed by atoms with van der Waals surface area (Å²) >= 11 is 0. The summed E-state index contributed by atoms with van der Waals surface area (Å²) < 4.78 is 5.87. The number of nitrogens with zero attached hydrogens (tertiary/aromatic N) is 3. The molecule has 6 heteroatoms. The predicted molar refractivity (Wildman–Crippen MR) is 112 cm³/mol. The van der Waals surface area contributed by atoms with E-state index in [1.54, 1.807) is 0 Å². The Balaban J connectivity index is 1.37. The fourth-order valence-corrected chi connectivity index (χ4v) is 4.13. The Kier molecular flexibility index (Phi) is 6.09. The minimum Gasteiger partial charge on any atom is -0.483 e. The minimum atomic E-state index is 0.00904. The van der Waals surface area contributed by atoms with E-state index in [2.05, 4.69) is 30.2 Å². The van der Waals surface area contributed by atoms with Gasteiger partial charge in [-0.15, -0.1) is 0 Å². The van der Waals surface area contributed by atoms with Crippen molar-refractivity contribution in [2.24, 2.45) is 0 Å². The van der Waals surface area contributed by atoms with E-state index in [1.165, 1.54) is 6.42 Å². The van der Waals surface area contributed by atoms with Crippen LogP contribution >= 0.6 is 0 Å². The van der Waals surface area contributed by atoms with Crippen molar-refractivity contribution in [3.8, 4) is 5.75 Å². The van der Waals surface area contributed by atoms with Gasteiger partial charge in [0.05, 0.1) is 5.69 Å². The van der Waals surface area contributed by atoms with Gasteiger partial charge in [0.15, 0.2) is 6.61 Å². The number of ether oxygens (including phenoxy) is 1. The maximum absolute atomic E-state index is 12.7. The molecular weight excluding hydrogens is 364 g/mol. The van der Waals surface area contributed by atoms with E-state index < -0.39 is 0 Å². The number of aromatic nitrogens is 2. The first-order valence-corrected chi connectivity index (χ1v) is 10.7. The highest BCUT2D eigenvalue weighted by atomic mass is 16.5. The molecule has 1 saturated heterocycles. The first-order valence-electron chi connectivity index (χ1n) is 10.7. The molecule has 3 heterocycles. The fourth-order valence-electron chi connectivity index (χ4n) is 4.13. The smallest absolute Gasteiger partial charge is 0.260 e. The molecule has 6 nitrogen and oxygen atoms in total. The molecule has 0 unspecified atom stereocenters. The third-order valence-corrected chi connectivity index (χ3v) is 5.86. The summed E-state index contributed by atoms with van der Waals surface area (Å²) in [4.78, 5) is 24.0. The number of benzene rings is 1. The lowest BCUT2D eigenvalue weighted by Gasteiger charge is -2.29. The van der Waals surface area contributed by atoms with Crippen LogP contribution in [0.15, 0.2) is 30.5 Å². The lowest BCUT2D eigenvalue weighted by Crippen LogP contribution is -2.39. The standard InChI is InChI=1S/C23H30N4O2/c1-16(2)19-7-3-4-8-21(19)29-15-22(28)27-11-9-20-18(14-27)13-25-23(26-20)17-6-5-10-24-12-17/h3-4,7-8,13,16-17,24H,5-6,9-12,14-15H2,1-2H3/t17-/m0/s1. The van der Waals surface area contributed by atoms with Crippen LogP contribution < -0.4 is 10.1 Å². The minimum absolute atomic E-state index is 0.00904. The number of amides is 1. The molecule has 1 fully saturated rings. The van der Waals surface area contributed by atoms with Gasteiger partial charge in [-0.25, -0.2) is 9.97 Å². The molecule has 4 rings (SSSR count). The van der Waals surface area contributed by atoms with Gasteiger partial charge in [0.1, 0.15) is 11.6 Å². The molecule has 1 amide bonds. The molecule has 2 aliphatic rings. The van der Waals surface area contributed by atoms with Gasteiger partial charge in [0.25, 0.3) is 5.91 Å². The molecule has 1 aromatic carbocycles. The first-order chi connectivity index (χ1) is 14.1. The van der Waals surface area contributed by atoms with E-state index in [9.17, 15) is 4.79 Å². The van der Waals surface area contributed by atoms with E-state index in [0.29, 0.717) is 24.9 Å². The van der Waals surface area contributed by atoms with Crippen LogP contribution in [0.3, 0.4) is 0 Å². The van der Waals surface area contributed by atoms with Gasteiger partial charge in [-0.1, -0.05) is 32.0 Å². The van der Waals surface area contributed by atoms with E-state index in [-0.39, 0.29) is 12.5 Å². The van der Waals surface area contributed by atoms with Gasteiger partial charge in [-0.2, -0.15) is 0 Å². The summed E-state index contributed by atoms with van der Waals surface area (Å²) in [6, 6.07) is 7.94. The molecule has 29 heavy (non-hydrogen) atoms. The normalized spacial score (nSPS) is 19.1. The zero-order chi connectivity index (χ0) is 20.2. The molecule has 0 aliphatic carbocycles. The largest absolute Gasteiger partial charge is 0.483 e. The van der Waals surface area contributed by atoms with Crippen molar-refractivity contribution in [3.05, 3.63) is 53.1 Å². The Morgan fingerprint density at radius 3 is 3.00 bits per heavy atom. The van der Waals surface area contributed by atoms with Crippen molar-refractivity contribution in [2.45, 2.75) is 51.5 Å². The lowest BCUT2D eigenvalue weighted by molar-refractivity contribution is -0.134. The molecule has 154 valence electrons. The lowest BCUT2D eigenvalue weighted by atomic mass is 9.98. The van der Waals surface area contributed by atoms with E-state index >= 15 is 0 Å². The van der Waals surface area contributed by atoms with Crippen LogP contribution in [-0.4, -0.2) is 47.0 Å². The molecule has 1 aromatic heterocycles. The third kappa shape index (κ3) is 4.58. The van der Waals surface area contributed by atoms with E-state index in [0.717, 1.165) is 54.3 Å². The van der Waals surface area contributed by atoms with E-state index in [4.69, 9.17) is 9.72 Å². The second-order valence-corrected chi connectivity index (χ2v) is 8.29. The Morgan fingerprint density at radius 1 is 1.34 bits per heavy atom. The van der Waals surface area contributed by atoms with Crippen LogP contribution in [0.2, 0.25) is 0 Å². The van der Waals surface area contributed by atoms with Crippen molar-refractivity contribution < 1.29 is 9.53 Å². The number of fused-ring (bicyclic) bond motifs is 1. The Hall–Kier alpha value is -2.47. The van der Waals surface area contributed by atoms with Crippen LogP contribution in [-0.2, 0) is 17.8 Å². The van der Waals surface area contributed by atoms with Crippen LogP contribution in [0, 0.1) is 0 Å². The summed E-state index contributed by atoms with van der Waals surface area (Å²) in [6.45, 7) is 7.60. The molecule has 2 aliphatic heterocycles. The molecule has 2 aromatic rings. The zero-order valence-corrected chi connectivity index (χ0v) is 17.4. The summed E-state index contributed by atoms with van der Waals surface area (Å²) in [5.74, 6) is 2.51. The van der Waals surface area contributed by atoms with Crippen molar-refractivity contribution in [1.82, 2.24) is 20.2 Å². The zero-order valence-electron chi connectivity index (χ0n) is 17.4. The SMILES string of the molecule is CC(C)c1ccccc1OCC(=O)N1CCc2nc([C@H]3CCCNC3)ncc2C1. The molecule has 0 bridgehead atoms. The maximum Gasteiger partial charge on any atom is 0.260 e. The third-order valence-electron chi connectivity index (χ3n) is 5.86. The number of hydrogen-bond donors (Lipinski definition) is 1. The maximum atomic E-state index is 12.7. The van der Waals surface area contributed by atoms with E-state index in [1.807, 2.05) is 29.3 Å². The number of carbonyl (C=O) groups excluding carboxylic acids is 1. The Morgan fingerprint density at radius 2 is 2.21 bits per heavy atom. The quantitative estimate of drug-likeness (QED) is 0.844. The molecule has 0 radical (unpaired) electrons. The number of rotatable bonds is 5. The summed E-state index contributed by atoms with van der Waals surface area (Å²) in [6.07, 6.45) is 5.01. The highest BCUT2D eigenvalue weighted by Crippen LogP contribution is 2.26. The van der Waals surface area contributed by atoms with Crippen LogP contribution in [0.25, 0.3) is 0 Å². The monoisotopic (exact) mass is 394 g/mol. The van der Waals surface area contributed by atoms with Gasteiger partial charge in [-0.3, -0.25) is 4.79 Å². The summed E-state index contributed by atoms with van der Waals surface area (Å²) in [7, 11) is 0. The number of piperidine rings is 1. The first kappa shape index (κ1) is 19.8. The molecule has 1 atom stereocenters. The average molecular weight is 395 g/mol. The highest BCUT2D eigenvalue weighted by molar-refractivity contribution is 5.78. The van der Waals surface area contributed by atoms with Crippen LogP contribution in [0.1, 0.15) is 61.2 Å². The molecule has 0 spiro atoms. The van der Waals surface area contributed by atoms with Crippen molar-refractivity contribution in [2.75, 3.05) is 26.2 Å². The number of nitrogens with one attached hydrogen (secondary N) is 1. The second kappa shape index (κ2) is 8.91. The number of hydrogen-bond acceptors (Lipinski definition) is 5. The molecular formula is C23H30N4O2. The van der Waals surface area contributed by atoms with Crippen LogP contribution in [0.4, 0.5) is 0 Å². The summed E-state index contributed by atoms with van der Waals surface area (Å²) in [5, 5.41) is 3.43. The van der Waals surface area contributed by atoms with Crippen LogP contribution in [0.5, 0.6) is 5.75 Å². The predicted octanol–water partition coefficient (Wildman–Crippen LogP) is 3.03. The number of carbonyl (C=O) groups is 1. The van der Waals surface area contributed by atoms with Gasteiger partial charge in [0.2, 0.25) is 0 Å². The van der Waals surface area contributed by atoms with Gasteiger partial charge in [0, 0.05) is 43.7 Å². The molecule has 1 N–H and O–H groups in total. The second-order valence-electron chi connectivity index (χ2n) is 8.29. The Labute approximate surface area is 172 Å². The van der Waals surface area contributed by atoms with Crippen molar-refractivity contribution >= 4 is 5.91 Å². The fraction of sp³-hybridized carbons (Fsp3) is 0.522. The summed E-state index contributed by atoms with van der Waals surface area (Å²) in [5.41, 5.74) is 3.28. The average Bonchev–Trinajstić information content (AvgIpc) is 2.77. The van der Waals surface area contributed by atoms with Crippen molar-refractivity contribution in [1.29, 1.82) is 0 Å². The van der Waals surface area contributed by atoms with Gasteiger partial charge >= 0.3 is 0 Å². The number of para-hydroxylation sites is 1. The van der Waals surface area contributed by atoms with Crippen molar-refractivity contribution in [3.63, 3.8) is 0 Å². The topological polar surface area (TPSA) is 67.3 Å².